The average Bonchev–Trinajstić information content (AvgIpc) is 2.83. The fourth-order valence-electron chi connectivity index (χ4n) is 3.44. The highest BCUT2D eigenvalue weighted by molar-refractivity contribution is 7.90. The highest BCUT2D eigenvalue weighted by Crippen LogP contribution is 2.32. The second-order valence-corrected chi connectivity index (χ2v) is 9.65. The van der Waals surface area contributed by atoms with Crippen LogP contribution in [0.25, 0.3) is 28.3 Å². The minimum atomic E-state index is -3.53. The van der Waals surface area contributed by atoms with Crippen molar-refractivity contribution >= 4 is 21.4 Å². The van der Waals surface area contributed by atoms with E-state index in [1.807, 2.05) is 6.08 Å². The molecule has 0 saturated carbocycles. The number of aromatic hydroxyl groups is 1. The lowest BCUT2D eigenvalue weighted by molar-refractivity contribution is 0.0600. The smallest absolute Gasteiger partial charge is 0.337 e. The Morgan fingerprint density at radius 1 is 1.00 bits per heavy atom. The molecule has 0 spiro atoms. The van der Waals surface area contributed by atoms with E-state index in [9.17, 15) is 23.4 Å². The molecule has 0 fully saturated rings. The molecule has 2 aromatic carbocycles. The molecular formula is C24H21N3O6S. The third-order valence-electron chi connectivity index (χ3n) is 5.20. The van der Waals surface area contributed by atoms with Crippen molar-refractivity contribution in [3.8, 4) is 28.5 Å². The molecule has 9 nitrogen and oxygen atoms in total. The van der Waals surface area contributed by atoms with Crippen molar-refractivity contribution in [1.82, 2.24) is 15.0 Å². The van der Waals surface area contributed by atoms with Gasteiger partial charge in [-0.3, -0.25) is 0 Å². The van der Waals surface area contributed by atoms with Crippen LogP contribution in [0.3, 0.4) is 0 Å². The summed E-state index contributed by atoms with van der Waals surface area (Å²) in [5.41, 5.74) is 1.37. The number of phenolic OH excluding ortho intramolecular Hbond substituents is 1. The van der Waals surface area contributed by atoms with Gasteiger partial charge < -0.3 is 14.9 Å². The zero-order valence-electron chi connectivity index (χ0n) is 18.4. The first-order valence-corrected chi connectivity index (χ1v) is 12.1. The third kappa shape index (κ3) is 4.67. The predicted molar refractivity (Wildman–Crippen MR) is 125 cm³/mol. The fourth-order valence-corrected chi connectivity index (χ4v) is 4.08. The van der Waals surface area contributed by atoms with Crippen LogP contribution in [0.5, 0.6) is 5.75 Å². The standard InChI is InChI=1S/C24H21N3O6S/c1-33-24(30)15-7-5-6-14(12-15)21-25-22(17-8-3-4-9-19(17)28)27-23(26-21)18-11-10-16(13-20(18)29)34(2,31)32/h3,5-8,10-13,28-29H,4,9H2,1-2H3. The molecule has 1 aliphatic carbocycles. The molecule has 174 valence electrons. The number of aliphatic hydroxyl groups is 1. The number of sulfone groups is 1. The van der Waals surface area contributed by atoms with E-state index < -0.39 is 15.8 Å². The van der Waals surface area contributed by atoms with Crippen LogP contribution in [0.4, 0.5) is 0 Å². The molecule has 10 heteroatoms. The number of phenols is 1. The molecule has 2 N–H and O–H groups in total. The first kappa shape index (κ1) is 23.1. The van der Waals surface area contributed by atoms with Crippen molar-refractivity contribution in [3.63, 3.8) is 0 Å². The lowest BCUT2D eigenvalue weighted by Crippen LogP contribution is -2.06. The quantitative estimate of drug-likeness (QED) is 0.524. The van der Waals surface area contributed by atoms with Gasteiger partial charge in [0.2, 0.25) is 0 Å². The van der Waals surface area contributed by atoms with E-state index in [2.05, 4.69) is 15.0 Å². The van der Waals surface area contributed by atoms with Gasteiger partial charge in [0.1, 0.15) is 11.5 Å². The van der Waals surface area contributed by atoms with Crippen LogP contribution < -0.4 is 0 Å². The van der Waals surface area contributed by atoms with E-state index >= 15 is 0 Å². The number of carbonyl (C=O) groups excluding carboxylic acids is 1. The van der Waals surface area contributed by atoms with Gasteiger partial charge >= 0.3 is 5.97 Å². The van der Waals surface area contributed by atoms with Crippen LogP contribution in [0.2, 0.25) is 0 Å². The Labute approximate surface area is 196 Å². The highest BCUT2D eigenvalue weighted by Gasteiger charge is 2.20. The molecule has 0 atom stereocenters. The van der Waals surface area contributed by atoms with Crippen molar-refractivity contribution in [1.29, 1.82) is 0 Å². The summed E-state index contributed by atoms with van der Waals surface area (Å²) in [7, 11) is -2.25. The first-order chi connectivity index (χ1) is 16.2. The van der Waals surface area contributed by atoms with Crippen LogP contribution in [0, 0.1) is 0 Å². The normalized spacial score (nSPS) is 13.7. The number of aliphatic hydroxyl groups excluding tert-OH is 1. The van der Waals surface area contributed by atoms with Gasteiger partial charge in [-0.15, -0.1) is 0 Å². The maximum Gasteiger partial charge on any atom is 0.337 e. The molecular weight excluding hydrogens is 458 g/mol. The maximum atomic E-state index is 12.0. The lowest BCUT2D eigenvalue weighted by Gasteiger charge is -2.13. The van der Waals surface area contributed by atoms with Crippen molar-refractivity contribution in [2.45, 2.75) is 17.7 Å². The molecule has 0 radical (unpaired) electrons. The number of hydrogen-bond donors (Lipinski definition) is 2. The van der Waals surface area contributed by atoms with Crippen molar-refractivity contribution in [3.05, 3.63) is 71.8 Å². The molecule has 0 aliphatic heterocycles. The molecule has 0 bridgehead atoms. The summed E-state index contributed by atoms with van der Waals surface area (Å²) >= 11 is 0. The lowest BCUT2D eigenvalue weighted by atomic mass is 10.0. The monoisotopic (exact) mass is 479 g/mol. The molecule has 0 saturated heterocycles. The predicted octanol–water partition coefficient (Wildman–Crippen LogP) is 3.72. The van der Waals surface area contributed by atoms with Crippen LogP contribution >= 0.6 is 0 Å². The second kappa shape index (κ2) is 9.06. The van der Waals surface area contributed by atoms with E-state index in [0.29, 0.717) is 29.5 Å². The highest BCUT2D eigenvalue weighted by atomic mass is 32.2. The molecule has 3 aromatic rings. The van der Waals surface area contributed by atoms with Gasteiger partial charge in [-0.2, -0.15) is 0 Å². The second-order valence-electron chi connectivity index (χ2n) is 7.63. The van der Waals surface area contributed by atoms with Gasteiger partial charge in [0.05, 0.1) is 28.7 Å². The fraction of sp³-hybridized carbons (Fsp3) is 0.167. The van der Waals surface area contributed by atoms with Crippen LogP contribution in [-0.2, 0) is 14.6 Å². The summed E-state index contributed by atoms with van der Waals surface area (Å²) in [6.07, 6.45) is 5.73. The Bertz CT molecular complexity index is 1460. The molecule has 1 aliphatic rings. The van der Waals surface area contributed by atoms with E-state index in [4.69, 9.17) is 4.74 Å². The number of carbonyl (C=O) groups is 1. The largest absolute Gasteiger partial charge is 0.512 e. The topological polar surface area (TPSA) is 140 Å². The van der Waals surface area contributed by atoms with Gasteiger partial charge in [0, 0.05) is 18.2 Å². The number of rotatable bonds is 5. The average molecular weight is 480 g/mol. The van der Waals surface area contributed by atoms with Gasteiger partial charge in [-0.25, -0.2) is 28.2 Å². The van der Waals surface area contributed by atoms with E-state index in [1.54, 1.807) is 30.3 Å². The number of hydrogen-bond acceptors (Lipinski definition) is 9. The third-order valence-corrected chi connectivity index (χ3v) is 6.31. The molecule has 1 aromatic heterocycles. The number of aromatic nitrogens is 3. The Balaban J connectivity index is 1.92. The zero-order valence-corrected chi connectivity index (χ0v) is 19.2. The van der Waals surface area contributed by atoms with E-state index in [0.717, 1.165) is 12.3 Å². The summed E-state index contributed by atoms with van der Waals surface area (Å²) in [5.74, 6) is -0.307. The number of nitrogens with zero attached hydrogens (tertiary/aromatic N) is 3. The van der Waals surface area contributed by atoms with Gasteiger partial charge in [0.25, 0.3) is 0 Å². The van der Waals surface area contributed by atoms with Gasteiger partial charge in [-0.05, 0) is 36.8 Å². The van der Waals surface area contributed by atoms with Crippen LogP contribution in [0.1, 0.15) is 29.0 Å². The van der Waals surface area contributed by atoms with Crippen LogP contribution in [-0.4, -0.2) is 52.9 Å². The Morgan fingerprint density at radius 3 is 2.41 bits per heavy atom. The Kier molecular flexibility index (Phi) is 6.16. The summed E-state index contributed by atoms with van der Waals surface area (Å²) < 4.78 is 28.5. The molecule has 0 amide bonds. The minimum absolute atomic E-state index is 0.0513. The van der Waals surface area contributed by atoms with E-state index in [-0.39, 0.29) is 39.4 Å². The minimum Gasteiger partial charge on any atom is -0.512 e. The summed E-state index contributed by atoms with van der Waals surface area (Å²) in [4.78, 5) is 25.3. The van der Waals surface area contributed by atoms with Gasteiger partial charge in [0.15, 0.2) is 27.3 Å². The molecule has 34 heavy (non-hydrogen) atoms. The van der Waals surface area contributed by atoms with Crippen molar-refractivity contribution < 1.29 is 28.2 Å². The molecule has 0 unspecified atom stereocenters. The van der Waals surface area contributed by atoms with Gasteiger partial charge in [-0.1, -0.05) is 24.3 Å². The number of benzene rings is 2. The Morgan fingerprint density at radius 2 is 1.74 bits per heavy atom. The zero-order chi connectivity index (χ0) is 24.5. The molecule has 4 rings (SSSR count). The van der Waals surface area contributed by atoms with Crippen molar-refractivity contribution in [2.75, 3.05) is 13.4 Å². The maximum absolute atomic E-state index is 12.0. The summed E-state index contributed by atoms with van der Waals surface area (Å²) in [6.45, 7) is 0. The van der Waals surface area contributed by atoms with Crippen LogP contribution in [0.15, 0.2) is 65.3 Å². The summed E-state index contributed by atoms with van der Waals surface area (Å²) in [5, 5.41) is 21.0. The number of esters is 1. The Hall–Kier alpha value is -4.05. The summed E-state index contributed by atoms with van der Waals surface area (Å²) in [6, 6.07) is 10.4. The van der Waals surface area contributed by atoms with E-state index in [1.165, 1.54) is 19.2 Å². The SMILES string of the molecule is COC(=O)c1cccc(-c2nc(C3=C(O)CCC=C3)nc(-c3ccc(S(C)(=O)=O)cc3O)n2)c1. The number of ether oxygens (including phenoxy) is 1. The number of methoxy groups -OCH3 is 1. The number of allylic oxidation sites excluding steroid dienone is 4. The molecule has 1 heterocycles. The first-order valence-electron chi connectivity index (χ1n) is 10.2. The van der Waals surface area contributed by atoms with Crippen molar-refractivity contribution in [2.24, 2.45) is 0 Å².